The molecule has 0 fully saturated rings. The highest BCUT2D eigenvalue weighted by atomic mass is 19.1. The highest BCUT2D eigenvalue weighted by molar-refractivity contribution is 5.20. The second kappa shape index (κ2) is 5.78. The van der Waals surface area contributed by atoms with Gasteiger partial charge in [0.05, 0.1) is 11.7 Å². The maximum Gasteiger partial charge on any atom is 0.126 e. The van der Waals surface area contributed by atoms with Crippen molar-refractivity contribution in [2.24, 2.45) is 7.05 Å². The van der Waals surface area contributed by atoms with E-state index < -0.39 is 0 Å². The van der Waals surface area contributed by atoms with E-state index in [0.29, 0.717) is 12.0 Å². The summed E-state index contributed by atoms with van der Waals surface area (Å²) in [5, 5.41) is 7.73. The minimum absolute atomic E-state index is 0.0492. The van der Waals surface area contributed by atoms with Gasteiger partial charge in [0.25, 0.3) is 0 Å². The number of nitrogens with one attached hydrogen (secondary N) is 1. The van der Waals surface area contributed by atoms with Crippen molar-refractivity contribution in [3.05, 3.63) is 53.6 Å². The third-order valence-corrected chi connectivity index (χ3v) is 2.92. The summed E-state index contributed by atoms with van der Waals surface area (Å²) in [6.45, 7) is 2.87. The number of nitrogens with zero attached hydrogens (tertiary/aromatic N) is 2. The second-order valence-electron chi connectivity index (χ2n) is 4.32. The number of aryl methyl sites for hydroxylation is 1. The lowest BCUT2D eigenvalue weighted by molar-refractivity contribution is 0.511. The lowest BCUT2D eigenvalue weighted by atomic mass is 10.0. The minimum Gasteiger partial charge on any atom is -0.309 e. The predicted octanol–water partition coefficient (Wildman–Crippen LogP) is 2.45. The van der Waals surface area contributed by atoms with Crippen LogP contribution >= 0.6 is 0 Å². The van der Waals surface area contributed by atoms with E-state index >= 15 is 0 Å². The molecule has 0 saturated heterocycles. The van der Waals surface area contributed by atoms with E-state index in [4.69, 9.17) is 0 Å². The topological polar surface area (TPSA) is 29.9 Å². The molecule has 1 heterocycles. The normalized spacial score (nSPS) is 12.6. The molecule has 2 rings (SSSR count). The molecule has 1 N–H and O–H groups in total. The van der Waals surface area contributed by atoms with Crippen LogP contribution in [0.5, 0.6) is 0 Å². The number of halogens is 1. The SMILES string of the molecule is CCNC(Cc1ccccc1F)c1ccn(C)n1. The van der Waals surface area contributed by atoms with Gasteiger partial charge in [-0.25, -0.2) is 4.39 Å². The predicted molar refractivity (Wildman–Crippen MR) is 69.7 cm³/mol. The Bertz CT molecular complexity index is 507. The lowest BCUT2D eigenvalue weighted by Gasteiger charge is -2.16. The Morgan fingerprint density at radius 1 is 1.33 bits per heavy atom. The van der Waals surface area contributed by atoms with E-state index in [2.05, 4.69) is 10.4 Å². The number of benzene rings is 1. The summed E-state index contributed by atoms with van der Waals surface area (Å²) in [6, 6.07) is 8.91. The Morgan fingerprint density at radius 3 is 2.72 bits per heavy atom. The molecule has 0 amide bonds. The summed E-state index contributed by atoms with van der Waals surface area (Å²) in [7, 11) is 1.88. The van der Waals surface area contributed by atoms with Crippen molar-refractivity contribution >= 4 is 0 Å². The Morgan fingerprint density at radius 2 is 2.11 bits per heavy atom. The zero-order chi connectivity index (χ0) is 13.0. The van der Waals surface area contributed by atoms with Crippen LogP contribution in [0.4, 0.5) is 4.39 Å². The molecular formula is C14H18FN3. The molecule has 0 aliphatic heterocycles. The quantitative estimate of drug-likeness (QED) is 0.879. The first kappa shape index (κ1) is 12.8. The van der Waals surface area contributed by atoms with Crippen molar-refractivity contribution in [1.29, 1.82) is 0 Å². The molecule has 0 saturated carbocycles. The smallest absolute Gasteiger partial charge is 0.126 e. The third kappa shape index (κ3) is 2.96. The van der Waals surface area contributed by atoms with Crippen molar-refractivity contribution in [1.82, 2.24) is 15.1 Å². The first-order valence-electron chi connectivity index (χ1n) is 6.17. The minimum atomic E-state index is -0.156. The van der Waals surface area contributed by atoms with E-state index in [9.17, 15) is 4.39 Å². The molecule has 18 heavy (non-hydrogen) atoms. The van der Waals surface area contributed by atoms with Crippen LogP contribution in [0.2, 0.25) is 0 Å². The van der Waals surface area contributed by atoms with Gasteiger partial charge < -0.3 is 5.32 Å². The molecule has 3 nitrogen and oxygen atoms in total. The van der Waals surface area contributed by atoms with E-state index in [1.54, 1.807) is 10.7 Å². The monoisotopic (exact) mass is 247 g/mol. The van der Waals surface area contributed by atoms with Crippen LogP contribution in [0.1, 0.15) is 24.2 Å². The van der Waals surface area contributed by atoms with Gasteiger partial charge in [-0.3, -0.25) is 4.68 Å². The van der Waals surface area contributed by atoms with Gasteiger partial charge in [0.15, 0.2) is 0 Å². The average Bonchev–Trinajstić information content (AvgIpc) is 2.78. The molecule has 0 aliphatic rings. The molecule has 0 bridgehead atoms. The molecule has 4 heteroatoms. The molecule has 96 valence electrons. The van der Waals surface area contributed by atoms with Gasteiger partial charge in [0.1, 0.15) is 5.82 Å². The molecule has 2 aromatic rings. The van der Waals surface area contributed by atoms with Gasteiger partial charge in [0.2, 0.25) is 0 Å². The van der Waals surface area contributed by atoms with Gasteiger partial charge in [-0.05, 0) is 30.7 Å². The maximum atomic E-state index is 13.7. The summed E-state index contributed by atoms with van der Waals surface area (Å²) in [5.41, 5.74) is 1.66. The summed E-state index contributed by atoms with van der Waals surface area (Å²) < 4.78 is 15.4. The number of hydrogen-bond acceptors (Lipinski definition) is 2. The van der Waals surface area contributed by atoms with E-state index in [1.165, 1.54) is 6.07 Å². The Hall–Kier alpha value is -1.68. The molecule has 1 atom stereocenters. The van der Waals surface area contributed by atoms with E-state index in [0.717, 1.165) is 12.2 Å². The van der Waals surface area contributed by atoms with Crippen molar-refractivity contribution in [2.45, 2.75) is 19.4 Å². The fraction of sp³-hybridized carbons (Fsp3) is 0.357. The molecule has 1 unspecified atom stereocenters. The van der Waals surface area contributed by atoms with Crippen LogP contribution in [0.25, 0.3) is 0 Å². The largest absolute Gasteiger partial charge is 0.309 e. The highest BCUT2D eigenvalue weighted by Gasteiger charge is 2.15. The molecule has 0 radical (unpaired) electrons. The van der Waals surface area contributed by atoms with Gasteiger partial charge in [-0.15, -0.1) is 0 Å². The summed E-state index contributed by atoms with van der Waals surface area (Å²) in [5.74, 6) is -0.156. The van der Waals surface area contributed by atoms with Crippen LogP contribution in [-0.2, 0) is 13.5 Å². The maximum absolute atomic E-state index is 13.7. The van der Waals surface area contributed by atoms with Crippen LogP contribution in [0.3, 0.4) is 0 Å². The fourth-order valence-electron chi connectivity index (χ4n) is 2.03. The first-order chi connectivity index (χ1) is 8.70. The summed E-state index contributed by atoms with van der Waals surface area (Å²) in [6.07, 6.45) is 2.51. The van der Waals surface area contributed by atoms with Crippen LogP contribution in [-0.4, -0.2) is 16.3 Å². The van der Waals surface area contributed by atoms with Crippen LogP contribution in [0, 0.1) is 5.82 Å². The number of rotatable bonds is 5. The molecule has 1 aromatic carbocycles. The standard InChI is InChI=1S/C14H18FN3/c1-3-16-14(13-8-9-18(2)17-13)10-11-6-4-5-7-12(11)15/h4-9,14,16H,3,10H2,1-2H3. The number of hydrogen-bond donors (Lipinski definition) is 1. The third-order valence-electron chi connectivity index (χ3n) is 2.92. The highest BCUT2D eigenvalue weighted by Crippen LogP contribution is 2.18. The summed E-state index contributed by atoms with van der Waals surface area (Å²) >= 11 is 0. The number of likely N-dealkylation sites (N-methyl/N-ethyl adjacent to an activating group) is 1. The van der Waals surface area contributed by atoms with E-state index in [1.807, 2.05) is 38.4 Å². The Labute approximate surface area is 107 Å². The summed E-state index contributed by atoms with van der Waals surface area (Å²) in [4.78, 5) is 0. The Balaban J connectivity index is 2.19. The van der Waals surface area contributed by atoms with Gasteiger partial charge in [-0.1, -0.05) is 25.1 Å². The molecule has 1 aromatic heterocycles. The number of aromatic nitrogens is 2. The van der Waals surface area contributed by atoms with Gasteiger partial charge in [0, 0.05) is 13.2 Å². The molecule has 0 spiro atoms. The van der Waals surface area contributed by atoms with Crippen molar-refractivity contribution in [3.63, 3.8) is 0 Å². The Kier molecular flexibility index (Phi) is 4.10. The lowest BCUT2D eigenvalue weighted by Crippen LogP contribution is -2.24. The van der Waals surface area contributed by atoms with E-state index in [-0.39, 0.29) is 11.9 Å². The average molecular weight is 247 g/mol. The zero-order valence-corrected chi connectivity index (χ0v) is 10.7. The second-order valence-corrected chi connectivity index (χ2v) is 4.32. The van der Waals surface area contributed by atoms with Gasteiger partial charge in [-0.2, -0.15) is 5.10 Å². The van der Waals surface area contributed by atoms with Crippen molar-refractivity contribution in [2.75, 3.05) is 6.54 Å². The molecule has 0 aliphatic carbocycles. The van der Waals surface area contributed by atoms with Crippen LogP contribution in [0.15, 0.2) is 36.5 Å². The fourth-order valence-corrected chi connectivity index (χ4v) is 2.03. The van der Waals surface area contributed by atoms with Crippen molar-refractivity contribution in [3.8, 4) is 0 Å². The zero-order valence-electron chi connectivity index (χ0n) is 10.7. The van der Waals surface area contributed by atoms with Crippen molar-refractivity contribution < 1.29 is 4.39 Å². The van der Waals surface area contributed by atoms with Crippen LogP contribution < -0.4 is 5.32 Å². The first-order valence-corrected chi connectivity index (χ1v) is 6.17. The van der Waals surface area contributed by atoms with Gasteiger partial charge >= 0.3 is 0 Å². The molecular weight excluding hydrogens is 229 g/mol.